The van der Waals surface area contributed by atoms with Crippen molar-refractivity contribution in [1.82, 2.24) is 10.2 Å². The predicted octanol–water partition coefficient (Wildman–Crippen LogP) is 0.349. The molecule has 4 nitrogen and oxygen atoms in total. The van der Waals surface area contributed by atoms with Gasteiger partial charge < -0.3 is 10.2 Å². The van der Waals surface area contributed by atoms with Crippen molar-refractivity contribution >= 4 is 9.84 Å². The zero-order chi connectivity index (χ0) is 12.1. The van der Waals surface area contributed by atoms with Gasteiger partial charge in [-0.3, -0.25) is 0 Å². The third-order valence-corrected chi connectivity index (χ3v) is 3.96. The molecule has 0 saturated carbocycles. The Morgan fingerprint density at radius 2 is 1.80 bits per heavy atom. The molecule has 1 atom stereocenters. The minimum Gasteiger partial charge on any atom is -0.313 e. The van der Waals surface area contributed by atoms with Crippen molar-refractivity contribution < 1.29 is 8.42 Å². The normalized spacial score (nSPS) is 14.9. The molecule has 0 aliphatic carbocycles. The van der Waals surface area contributed by atoms with Gasteiger partial charge in [0, 0.05) is 31.9 Å². The fourth-order valence-corrected chi connectivity index (χ4v) is 1.73. The van der Waals surface area contributed by atoms with Crippen molar-refractivity contribution in [3.8, 4) is 0 Å². The van der Waals surface area contributed by atoms with Crippen LogP contribution < -0.4 is 5.32 Å². The second-order valence-corrected chi connectivity index (χ2v) is 6.98. The molecule has 0 saturated heterocycles. The van der Waals surface area contributed by atoms with Crippen LogP contribution in [-0.2, 0) is 9.84 Å². The molecule has 0 aromatic heterocycles. The topological polar surface area (TPSA) is 49.4 Å². The van der Waals surface area contributed by atoms with Crippen molar-refractivity contribution in [3.05, 3.63) is 0 Å². The number of sulfone groups is 1. The van der Waals surface area contributed by atoms with Crippen LogP contribution in [0.5, 0.6) is 0 Å². The van der Waals surface area contributed by atoms with Gasteiger partial charge in [0.05, 0.1) is 5.25 Å². The molecule has 1 unspecified atom stereocenters. The van der Waals surface area contributed by atoms with Gasteiger partial charge in [0.25, 0.3) is 0 Å². The van der Waals surface area contributed by atoms with Gasteiger partial charge in [0.1, 0.15) is 0 Å². The summed E-state index contributed by atoms with van der Waals surface area (Å²) in [6, 6.07) is 0.478. The van der Waals surface area contributed by atoms with Crippen molar-refractivity contribution in [3.63, 3.8) is 0 Å². The Kier molecular flexibility index (Phi) is 6.40. The van der Waals surface area contributed by atoms with Gasteiger partial charge in [-0.05, 0) is 14.0 Å². The predicted molar refractivity (Wildman–Crippen MR) is 64.9 cm³/mol. The van der Waals surface area contributed by atoms with E-state index in [2.05, 4.69) is 19.2 Å². The molecule has 5 heteroatoms. The Bertz CT molecular complexity index is 263. The molecule has 0 heterocycles. The van der Waals surface area contributed by atoms with Crippen molar-refractivity contribution in [2.75, 3.05) is 32.9 Å². The zero-order valence-corrected chi connectivity index (χ0v) is 11.3. The molecule has 0 aromatic rings. The Labute approximate surface area is 94.0 Å². The first-order valence-corrected chi connectivity index (χ1v) is 7.29. The van der Waals surface area contributed by atoms with Gasteiger partial charge in [0.15, 0.2) is 9.84 Å². The number of hydrogen-bond donors (Lipinski definition) is 1. The van der Waals surface area contributed by atoms with Crippen LogP contribution in [0.3, 0.4) is 0 Å². The quantitative estimate of drug-likeness (QED) is 0.693. The van der Waals surface area contributed by atoms with E-state index in [9.17, 15) is 8.42 Å². The number of nitrogens with zero attached hydrogens (tertiary/aromatic N) is 1. The lowest BCUT2D eigenvalue weighted by atomic mass is 10.4. The minimum atomic E-state index is -2.90. The average molecular weight is 236 g/mol. The molecule has 92 valence electrons. The van der Waals surface area contributed by atoms with Gasteiger partial charge >= 0.3 is 0 Å². The first kappa shape index (κ1) is 14.9. The third-order valence-electron chi connectivity index (χ3n) is 2.35. The summed E-state index contributed by atoms with van der Waals surface area (Å²) in [5, 5.41) is 3.01. The monoisotopic (exact) mass is 236 g/mol. The summed E-state index contributed by atoms with van der Waals surface area (Å²) in [5.74, 6) is 0. The molecule has 0 radical (unpaired) electrons. The summed E-state index contributed by atoms with van der Waals surface area (Å²) in [4.78, 5) is 2.04. The summed E-state index contributed by atoms with van der Waals surface area (Å²) < 4.78 is 22.4. The maximum absolute atomic E-state index is 11.2. The molecule has 0 amide bonds. The van der Waals surface area contributed by atoms with E-state index in [1.54, 1.807) is 6.92 Å². The average Bonchev–Trinajstić information content (AvgIpc) is 2.01. The molecule has 0 rings (SSSR count). The largest absolute Gasteiger partial charge is 0.313 e. The first-order chi connectivity index (χ1) is 6.73. The maximum atomic E-state index is 11.2. The van der Waals surface area contributed by atoms with Gasteiger partial charge in [0.2, 0.25) is 0 Å². The van der Waals surface area contributed by atoms with Crippen molar-refractivity contribution in [1.29, 1.82) is 0 Å². The SMILES string of the molecule is CC(C)NCCN(C)CC(C)S(C)(=O)=O. The molecule has 0 aliphatic heterocycles. The Balaban J connectivity index is 3.79. The van der Waals surface area contributed by atoms with E-state index in [-0.39, 0.29) is 5.25 Å². The second-order valence-electron chi connectivity index (χ2n) is 4.51. The zero-order valence-electron chi connectivity index (χ0n) is 10.4. The molecule has 0 aromatic carbocycles. The summed E-state index contributed by atoms with van der Waals surface area (Å²) in [6.45, 7) is 8.31. The highest BCUT2D eigenvalue weighted by Crippen LogP contribution is 1.99. The highest BCUT2D eigenvalue weighted by atomic mass is 32.2. The number of nitrogens with one attached hydrogen (secondary N) is 1. The Hall–Kier alpha value is -0.130. The van der Waals surface area contributed by atoms with Crippen LogP contribution in [-0.4, -0.2) is 57.5 Å². The fourth-order valence-electron chi connectivity index (χ4n) is 1.21. The lowest BCUT2D eigenvalue weighted by molar-refractivity contribution is 0.327. The summed E-state index contributed by atoms with van der Waals surface area (Å²) in [6.07, 6.45) is 1.29. The summed E-state index contributed by atoms with van der Waals surface area (Å²) in [7, 11) is -0.953. The molecule has 0 spiro atoms. The first-order valence-electron chi connectivity index (χ1n) is 5.34. The van der Waals surface area contributed by atoms with Crippen LogP contribution in [0.15, 0.2) is 0 Å². The van der Waals surface area contributed by atoms with Gasteiger partial charge in [-0.15, -0.1) is 0 Å². The molecule has 0 aliphatic rings. The van der Waals surface area contributed by atoms with Gasteiger partial charge in [-0.2, -0.15) is 0 Å². The molecule has 15 heavy (non-hydrogen) atoms. The van der Waals surface area contributed by atoms with Crippen LogP contribution in [0.1, 0.15) is 20.8 Å². The standard InChI is InChI=1S/C10H24N2O2S/c1-9(2)11-6-7-12(4)8-10(3)15(5,13)14/h9-11H,6-8H2,1-5H3. The highest BCUT2D eigenvalue weighted by molar-refractivity contribution is 7.91. The van der Waals surface area contributed by atoms with E-state index in [4.69, 9.17) is 0 Å². The van der Waals surface area contributed by atoms with Crippen molar-refractivity contribution in [2.24, 2.45) is 0 Å². The minimum absolute atomic E-state index is 0.290. The lowest BCUT2D eigenvalue weighted by Gasteiger charge is -2.21. The van der Waals surface area contributed by atoms with Crippen LogP contribution in [0, 0.1) is 0 Å². The van der Waals surface area contributed by atoms with Crippen LogP contribution in [0.4, 0.5) is 0 Å². The number of likely N-dealkylation sites (N-methyl/N-ethyl adjacent to an activating group) is 1. The van der Waals surface area contributed by atoms with E-state index < -0.39 is 9.84 Å². The summed E-state index contributed by atoms with van der Waals surface area (Å²) >= 11 is 0. The third kappa shape index (κ3) is 7.76. The second kappa shape index (κ2) is 6.45. The van der Waals surface area contributed by atoms with E-state index in [1.165, 1.54) is 6.26 Å². The fraction of sp³-hybridized carbons (Fsp3) is 1.00. The number of hydrogen-bond acceptors (Lipinski definition) is 4. The Morgan fingerprint density at radius 3 is 2.20 bits per heavy atom. The molecule has 1 N–H and O–H groups in total. The maximum Gasteiger partial charge on any atom is 0.151 e. The van der Waals surface area contributed by atoms with E-state index >= 15 is 0 Å². The van der Waals surface area contributed by atoms with Crippen LogP contribution in [0.25, 0.3) is 0 Å². The summed E-state index contributed by atoms with van der Waals surface area (Å²) in [5.41, 5.74) is 0. The molecule has 0 bridgehead atoms. The molecular weight excluding hydrogens is 212 g/mol. The van der Waals surface area contributed by atoms with E-state index in [0.717, 1.165) is 13.1 Å². The van der Waals surface area contributed by atoms with Gasteiger partial charge in [-0.1, -0.05) is 13.8 Å². The van der Waals surface area contributed by atoms with Gasteiger partial charge in [-0.25, -0.2) is 8.42 Å². The molecular formula is C10H24N2O2S. The van der Waals surface area contributed by atoms with E-state index in [0.29, 0.717) is 12.6 Å². The lowest BCUT2D eigenvalue weighted by Crippen LogP contribution is -2.37. The van der Waals surface area contributed by atoms with E-state index in [1.807, 2.05) is 11.9 Å². The van der Waals surface area contributed by atoms with Crippen LogP contribution in [0.2, 0.25) is 0 Å². The Morgan fingerprint density at radius 1 is 1.27 bits per heavy atom. The van der Waals surface area contributed by atoms with Crippen molar-refractivity contribution in [2.45, 2.75) is 32.1 Å². The van der Waals surface area contributed by atoms with Crippen LogP contribution >= 0.6 is 0 Å². The number of rotatable bonds is 7. The molecule has 0 fully saturated rings. The smallest absolute Gasteiger partial charge is 0.151 e. The highest BCUT2D eigenvalue weighted by Gasteiger charge is 2.16.